The maximum absolute atomic E-state index is 11.0. The van der Waals surface area contributed by atoms with Gasteiger partial charge in [0.25, 0.3) is 0 Å². The third kappa shape index (κ3) is 4.71. The number of carbonyl (C=O) groups is 1. The van der Waals surface area contributed by atoms with Gasteiger partial charge in [-0.1, -0.05) is 42.5 Å². The van der Waals surface area contributed by atoms with Crippen molar-refractivity contribution >= 4 is 5.97 Å². The molecule has 0 bridgehead atoms. The lowest BCUT2D eigenvalue weighted by molar-refractivity contribution is 0.0334. The first-order chi connectivity index (χ1) is 12.5. The van der Waals surface area contributed by atoms with Crippen LogP contribution >= 0.6 is 0 Å². The lowest BCUT2D eigenvalue weighted by Gasteiger charge is -2.44. The highest BCUT2D eigenvalue weighted by Crippen LogP contribution is 2.20. The lowest BCUT2D eigenvalue weighted by Crippen LogP contribution is -2.56. The average Bonchev–Trinajstić information content (AvgIpc) is 2.64. The van der Waals surface area contributed by atoms with Crippen LogP contribution in [-0.2, 0) is 13.0 Å². The summed E-state index contributed by atoms with van der Waals surface area (Å²) in [4.78, 5) is 16.1. The fraction of sp³-hybridized carbons (Fsp3) is 0.409. The van der Waals surface area contributed by atoms with Crippen LogP contribution in [0.25, 0.3) is 0 Å². The van der Waals surface area contributed by atoms with Gasteiger partial charge in [0.2, 0.25) is 0 Å². The highest BCUT2D eigenvalue weighted by atomic mass is 16.4. The molecule has 1 fully saturated rings. The molecule has 4 nitrogen and oxygen atoms in total. The Balaban J connectivity index is 1.55. The van der Waals surface area contributed by atoms with Gasteiger partial charge in [-0.15, -0.1) is 0 Å². The van der Waals surface area contributed by atoms with E-state index < -0.39 is 5.97 Å². The number of hydrogen-bond acceptors (Lipinski definition) is 3. The van der Waals surface area contributed by atoms with E-state index in [-0.39, 0.29) is 0 Å². The Hall–Kier alpha value is -2.17. The number of aromatic carboxylic acids is 1. The summed E-state index contributed by atoms with van der Waals surface area (Å²) in [6.07, 6.45) is 1.09. The van der Waals surface area contributed by atoms with Crippen molar-refractivity contribution in [3.63, 3.8) is 0 Å². The molecule has 3 rings (SSSR count). The van der Waals surface area contributed by atoms with Crippen LogP contribution in [0.5, 0.6) is 0 Å². The van der Waals surface area contributed by atoms with Gasteiger partial charge in [0, 0.05) is 38.3 Å². The molecular weight excluding hydrogens is 324 g/mol. The molecule has 0 spiro atoms. The highest BCUT2D eigenvalue weighted by molar-refractivity contribution is 5.87. The van der Waals surface area contributed by atoms with Crippen LogP contribution in [0.1, 0.15) is 35.3 Å². The van der Waals surface area contributed by atoms with E-state index in [1.165, 1.54) is 11.1 Å². The predicted octanol–water partition coefficient (Wildman–Crippen LogP) is 3.52. The van der Waals surface area contributed by atoms with Crippen molar-refractivity contribution in [3.05, 3.63) is 71.3 Å². The van der Waals surface area contributed by atoms with E-state index in [1.807, 2.05) is 12.1 Å². The van der Waals surface area contributed by atoms with E-state index >= 15 is 0 Å². The summed E-state index contributed by atoms with van der Waals surface area (Å²) < 4.78 is 0. The molecule has 4 heteroatoms. The maximum Gasteiger partial charge on any atom is 0.335 e. The summed E-state index contributed by atoms with van der Waals surface area (Å²) in [7, 11) is 0. The summed E-state index contributed by atoms with van der Waals surface area (Å²) in [5.41, 5.74) is 2.92. The Morgan fingerprint density at radius 1 is 0.962 bits per heavy atom. The number of carboxylic acid groups (broad SMARTS) is 1. The minimum absolute atomic E-state index is 0.348. The number of hydrogen-bond donors (Lipinski definition) is 1. The molecule has 0 radical (unpaired) electrons. The zero-order valence-electron chi connectivity index (χ0n) is 15.6. The van der Waals surface area contributed by atoms with Gasteiger partial charge < -0.3 is 5.11 Å². The smallest absolute Gasteiger partial charge is 0.335 e. The third-order valence-corrected chi connectivity index (χ3v) is 5.30. The molecule has 0 aromatic heterocycles. The molecule has 0 amide bonds. The van der Waals surface area contributed by atoms with E-state index in [9.17, 15) is 4.79 Å². The summed E-state index contributed by atoms with van der Waals surface area (Å²) in [5, 5.41) is 9.03. The molecular formula is C22H28N2O2. The first-order valence-corrected chi connectivity index (χ1v) is 9.37. The molecule has 1 aliphatic rings. The standard InChI is InChI=1S/C22H28N2O2/c1-17-14-23(13-12-19-6-4-3-5-7-19)15-18(2)24(17)16-20-8-10-21(11-9-20)22(25)26/h3-11,17-18H,12-16H2,1-2H3,(H,25,26)/t17-,18+. The van der Waals surface area contributed by atoms with Crippen molar-refractivity contribution in [1.29, 1.82) is 0 Å². The van der Waals surface area contributed by atoms with Crippen LogP contribution in [0.4, 0.5) is 0 Å². The number of piperazine rings is 1. The third-order valence-electron chi connectivity index (χ3n) is 5.30. The lowest BCUT2D eigenvalue weighted by atomic mass is 10.0. The van der Waals surface area contributed by atoms with Crippen molar-refractivity contribution < 1.29 is 9.90 Å². The fourth-order valence-electron chi connectivity index (χ4n) is 3.86. The van der Waals surface area contributed by atoms with Gasteiger partial charge in [0.1, 0.15) is 0 Å². The quantitative estimate of drug-likeness (QED) is 0.864. The Bertz CT molecular complexity index is 703. The molecule has 26 heavy (non-hydrogen) atoms. The first-order valence-electron chi connectivity index (χ1n) is 9.37. The molecule has 1 aliphatic heterocycles. The summed E-state index contributed by atoms with van der Waals surface area (Å²) in [6.45, 7) is 8.69. The number of benzene rings is 2. The SMILES string of the molecule is C[C@@H]1CN(CCc2ccccc2)C[C@H](C)N1Cc1ccc(C(=O)O)cc1. The second kappa shape index (κ2) is 8.47. The van der Waals surface area contributed by atoms with Crippen molar-refractivity contribution in [2.45, 2.75) is 38.9 Å². The number of carboxylic acids is 1. The maximum atomic E-state index is 11.0. The zero-order valence-corrected chi connectivity index (χ0v) is 15.6. The number of rotatable bonds is 6. The second-order valence-electron chi connectivity index (χ2n) is 7.37. The second-order valence-corrected chi connectivity index (χ2v) is 7.37. The predicted molar refractivity (Wildman–Crippen MR) is 104 cm³/mol. The average molecular weight is 352 g/mol. The molecule has 2 atom stereocenters. The zero-order chi connectivity index (χ0) is 18.5. The van der Waals surface area contributed by atoms with Crippen LogP contribution in [0.2, 0.25) is 0 Å². The van der Waals surface area contributed by atoms with Gasteiger partial charge in [-0.2, -0.15) is 0 Å². The topological polar surface area (TPSA) is 43.8 Å². The first kappa shape index (κ1) is 18.6. The van der Waals surface area contributed by atoms with Crippen LogP contribution in [0, 0.1) is 0 Å². The molecule has 2 aromatic carbocycles. The van der Waals surface area contributed by atoms with Crippen molar-refractivity contribution in [2.24, 2.45) is 0 Å². The molecule has 2 aromatic rings. The normalized spacial score (nSPS) is 21.6. The van der Waals surface area contributed by atoms with Crippen LogP contribution in [0.3, 0.4) is 0 Å². The largest absolute Gasteiger partial charge is 0.478 e. The van der Waals surface area contributed by atoms with Gasteiger partial charge in [-0.05, 0) is 43.5 Å². The highest BCUT2D eigenvalue weighted by Gasteiger charge is 2.29. The Labute approximate surface area is 156 Å². The summed E-state index contributed by atoms with van der Waals surface area (Å²) in [6, 6.07) is 18.9. The van der Waals surface area contributed by atoms with Gasteiger partial charge >= 0.3 is 5.97 Å². The van der Waals surface area contributed by atoms with Gasteiger partial charge in [-0.25, -0.2) is 4.79 Å². The van der Waals surface area contributed by atoms with Gasteiger partial charge in [0.05, 0.1) is 5.56 Å². The molecule has 1 heterocycles. The van der Waals surface area contributed by atoms with Crippen molar-refractivity contribution in [2.75, 3.05) is 19.6 Å². The molecule has 0 aliphatic carbocycles. The summed E-state index contributed by atoms with van der Waals surface area (Å²) >= 11 is 0. The van der Waals surface area contributed by atoms with Gasteiger partial charge in [0.15, 0.2) is 0 Å². The minimum Gasteiger partial charge on any atom is -0.478 e. The Morgan fingerprint density at radius 2 is 1.58 bits per heavy atom. The monoisotopic (exact) mass is 352 g/mol. The molecule has 138 valence electrons. The van der Waals surface area contributed by atoms with E-state index in [2.05, 4.69) is 54.0 Å². The minimum atomic E-state index is -0.870. The van der Waals surface area contributed by atoms with Crippen LogP contribution < -0.4 is 0 Å². The number of nitrogens with zero attached hydrogens (tertiary/aromatic N) is 2. The molecule has 0 unspecified atom stereocenters. The molecule has 1 saturated heterocycles. The Morgan fingerprint density at radius 3 is 2.15 bits per heavy atom. The van der Waals surface area contributed by atoms with Crippen molar-refractivity contribution in [3.8, 4) is 0 Å². The van der Waals surface area contributed by atoms with Crippen LogP contribution in [0.15, 0.2) is 54.6 Å². The van der Waals surface area contributed by atoms with Crippen molar-refractivity contribution in [1.82, 2.24) is 9.80 Å². The summed E-state index contributed by atoms with van der Waals surface area (Å²) in [5.74, 6) is -0.870. The van der Waals surface area contributed by atoms with E-state index in [1.54, 1.807) is 12.1 Å². The van der Waals surface area contributed by atoms with Gasteiger partial charge in [-0.3, -0.25) is 9.80 Å². The van der Waals surface area contributed by atoms with Crippen LogP contribution in [-0.4, -0.2) is 52.6 Å². The van der Waals surface area contributed by atoms with E-state index in [0.29, 0.717) is 17.6 Å². The molecule has 1 N–H and O–H groups in total. The van der Waals surface area contributed by atoms with E-state index in [0.717, 1.165) is 32.6 Å². The molecule has 0 saturated carbocycles. The van der Waals surface area contributed by atoms with E-state index in [4.69, 9.17) is 5.11 Å². The Kier molecular flexibility index (Phi) is 6.07. The fourth-order valence-corrected chi connectivity index (χ4v) is 3.86.